The molecule has 2 rings (SSSR count). The van der Waals surface area contributed by atoms with Crippen molar-refractivity contribution in [1.82, 2.24) is 0 Å². The Balaban J connectivity index is 2.35. The standard InChI is InChI=1S/C10H6Cl2O3S2/c11-9-6-8(10(12)16-9)17(13,14)15-7-4-2-1-3-5-7/h1-6H. The fourth-order valence-corrected chi connectivity index (χ4v) is 4.18. The number of hydrogen-bond acceptors (Lipinski definition) is 4. The van der Waals surface area contributed by atoms with E-state index in [1.54, 1.807) is 30.3 Å². The number of halogens is 2. The summed E-state index contributed by atoms with van der Waals surface area (Å²) in [7, 11) is -3.93. The number of hydrogen-bond donors (Lipinski definition) is 0. The fourth-order valence-electron chi connectivity index (χ4n) is 1.14. The Morgan fingerprint density at radius 2 is 1.76 bits per heavy atom. The monoisotopic (exact) mass is 308 g/mol. The fraction of sp³-hybridized carbons (Fsp3) is 0. The van der Waals surface area contributed by atoms with Gasteiger partial charge >= 0.3 is 10.1 Å². The second kappa shape index (κ2) is 4.86. The molecule has 1 aromatic carbocycles. The molecule has 0 bridgehead atoms. The Morgan fingerprint density at radius 1 is 1.12 bits per heavy atom. The van der Waals surface area contributed by atoms with Crippen LogP contribution in [-0.4, -0.2) is 8.42 Å². The third-order valence-electron chi connectivity index (χ3n) is 1.84. The summed E-state index contributed by atoms with van der Waals surface area (Å²) >= 11 is 12.4. The quantitative estimate of drug-likeness (QED) is 0.810. The summed E-state index contributed by atoms with van der Waals surface area (Å²) in [6.45, 7) is 0. The molecule has 0 saturated carbocycles. The van der Waals surface area contributed by atoms with Crippen LogP contribution in [0.1, 0.15) is 0 Å². The highest BCUT2D eigenvalue weighted by molar-refractivity contribution is 7.87. The molecule has 0 aliphatic heterocycles. The third kappa shape index (κ3) is 2.93. The summed E-state index contributed by atoms with van der Waals surface area (Å²) < 4.78 is 29.1. The summed E-state index contributed by atoms with van der Waals surface area (Å²) in [6.07, 6.45) is 0. The number of benzene rings is 1. The Bertz CT molecular complexity index is 620. The summed E-state index contributed by atoms with van der Waals surface area (Å²) in [5, 5.41) is 0. The SMILES string of the molecule is O=S(=O)(Oc1ccccc1)c1cc(Cl)sc1Cl. The predicted octanol–water partition coefficient (Wildman–Crippen LogP) is 3.82. The van der Waals surface area contributed by atoms with Gasteiger partial charge in [-0.15, -0.1) is 11.3 Å². The normalized spacial score (nSPS) is 11.4. The highest BCUT2D eigenvalue weighted by Gasteiger charge is 2.23. The first-order valence-corrected chi connectivity index (χ1v) is 7.41. The molecule has 1 aromatic heterocycles. The van der Waals surface area contributed by atoms with Crippen LogP contribution >= 0.6 is 34.5 Å². The van der Waals surface area contributed by atoms with Crippen LogP contribution < -0.4 is 4.18 Å². The van der Waals surface area contributed by atoms with Crippen molar-refractivity contribution in [2.45, 2.75) is 4.90 Å². The second-order valence-corrected chi connectivity index (χ2v) is 6.84. The number of thiophene rings is 1. The van der Waals surface area contributed by atoms with Crippen LogP contribution in [0.15, 0.2) is 41.3 Å². The lowest BCUT2D eigenvalue weighted by molar-refractivity contribution is 0.486. The van der Waals surface area contributed by atoms with E-state index in [9.17, 15) is 8.42 Å². The molecule has 2 aromatic rings. The molecule has 3 nitrogen and oxygen atoms in total. The van der Waals surface area contributed by atoms with Crippen LogP contribution in [0, 0.1) is 0 Å². The van der Waals surface area contributed by atoms with Gasteiger partial charge in [0.15, 0.2) is 0 Å². The van der Waals surface area contributed by atoms with E-state index in [-0.39, 0.29) is 15.0 Å². The molecule has 7 heteroatoms. The Hall–Kier alpha value is -0.750. The zero-order valence-electron chi connectivity index (χ0n) is 8.26. The van der Waals surface area contributed by atoms with E-state index in [4.69, 9.17) is 27.4 Å². The molecule has 0 unspecified atom stereocenters. The summed E-state index contributed by atoms with van der Waals surface area (Å²) in [5.74, 6) is 0.228. The van der Waals surface area contributed by atoms with Gasteiger partial charge in [0.05, 0.1) is 4.34 Å². The molecule has 0 aliphatic rings. The molecule has 0 atom stereocenters. The van der Waals surface area contributed by atoms with Crippen molar-refractivity contribution in [3.05, 3.63) is 45.1 Å². The lowest BCUT2D eigenvalue weighted by Crippen LogP contribution is -2.08. The molecular formula is C10H6Cl2O3S2. The van der Waals surface area contributed by atoms with Gasteiger partial charge in [-0.3, -0.25) is 0 Å². The van der Waals surface area contributed by atoms with Gasteiger partial charge < -0.3 is 4.18 Å². The van der Waals surface area contributed by atoms with Crippen LogP contribution in [0.3, 0.4) is 0 Å². The average Bonchev–Trinajstić information content (AvgIpc) is 2.59. The average molecular weight is 309 g/mol. The molecule has 0 radical (unpaired) electrons. The van der Waals surface area contributed by atoms with Gasteiger partial charge in [0.1, 0.15) is 15.0 Å². The number of para-hydroxylation sites is 1. The maximum Gasteiger partial charge on any atom is 0.341 e. The molecule has 1 heterocycles. The van der Waals surface area contributed by atoms with Crippen LogP contribution in [0.5, 0.6) is 5.75 Å². The first kappa shape index (κ1) is 12.7. The van der Waals surface area contributed by atoms with E-state index in [1.807, 2.05) is 0 Å². The van der Waals surface area contributed by atoms with Crippen molar-refractivity contribution in [1.29, 1.82) is 0 Å². The van der Waals surface area contributed by atoms with Gasteiger partial charge in [-0.1, -0.05) is 41.4 Å². The molecule has 17 heavy (non-hydrogen) atoms. The molecule has 0 saturated heterocycles. The molecule has 90 valence electrons. The zero-order chi connectivity index (χ0) is 12.5. The smallest absolute Gasteiger partial charge is 0.341 e. The van der Waals surface area contributed by atoms with E-state index in [0.717, 1.165) is 11.3 Å². The molecule has 0 spiro atoms. The van der Waals surface area contributed by atoms with E-state index < -0.39 is 10.1 Å². The van der Waals surface area contributed by atoms with Gasteiger partial charge in [-0.05, 0) is 18.2 Å². The van der Waals surface area contributed by atoms with Gasteiger partial charge in [-0.2, -0.15) is 8.42 Å². The van der Waals surface area contributed by atoms with E-state index in [0.29, 0.717) is 4.34 Å². The van der Waals surface area contributed by atoms with E-state index in [1.165, 1.54) is 6.07 Å². The molecule has 0 fully saturated rings. The van der Waals surface area contributed by atoms with Crippen molar-refractivity contribution in [3.8, 4) is 5.75 Å². The maximum absolute atomic E-state index is 11.9. The second-order valence-electron chi connectivity index (χ2n) is 3.04. The summed E-state index contributed by atoms with van der Waals surface area (Å²) in [6, 6.07) is 9.46. The van der Waals surface area contributed by atoms with Crippen molar-refractivity contribution in [2.75, 3.05) is 0 Å². The maximum atomic E-state index is 11.9. The largest absolute Gasteiger partial charge is 0.379 e. The summed E-state index contributed by atoms with van der Waals surface area (Å²) in [4.78, 5) is -0.113. The molecule has 0 N–H and O–H groups in total. The van der Waals surface area contributed by atoms with Crippen LogP contribution in [-0.2, 0) is 10.1 Å². The highest BCUT2D eigenvalue weighted by Crippen LogP contribution is 2.35. The van der Waals surface area contributed by atoms with Gasteiger partial charge in [0.25, 0.3) is 0 Å². The Labute approximate surface area is 113 Å². The van der Waals surface area contributed by atoms with Crippen molar-refractivity contribution < 1.29 is 12.6 Å². The van der Waals surface area contributed by atoms with Crippen molar-refractivity contribution in [3.63, 3.8) is 0 Å². The van der Waals surface area contributed by atoms with Crippen LogP contribution in [0.4, 0.5) is 0 Å². The number of rotatable bonds is 3. The molecular weight excluding hydrogens is 303 g/mol. The first-order valence-electron chi connectivity index (χ1n) is 4.43. The molecule has 0 amide bonds. The topological polar surface area (TPSA) is 43.4 Å². The summed E-state index contributed by atoms with van der Waals surface area (Å²) in [5.41, 5.74) is 0. The first-order chi connectivity index (χ1) is 7.99. The zero-order valence-corrected chi connectivity index (χ0v) is 11.4. The molecule has 0 aliphatic carbocycles. The van der Waals surface area contributed by atoms with Gasteiger partial charge in [0.2, 0.25) is 0 Å². The van der Waals surface area contributed by atoms with Crippen LogP contribution in [0.2, 0.25) is 8.67 Å². The Kier molecular flexibility index (Phi) is 3.63. The third-order valence-corrected chi connectivity index (χ3v) is 4.85. The minimum Gasteiger partial charge on any atom is -0.379 e. The van der Waals surface area contributed by atoms with E-state index in [2.05, 4.69) is 0 Å². The van der Waals surface area contributed by atoms with E-state index >= 15 is 0 Å². The Morgan fingerprint density at radius 3 is 2.29 bits per heavy atom. The van der Waals surface area contributed by atoms with Crippen molar-refractivity contribution in [2.24, 2.45) is 0 Å². The van der Waals surface area contributed by atoms with Gasteiger partial charge in [0, 0.05) is 0 Å². The lowest BCUT2D eigenvalue weighted by Gasteiger charge is -2.05. The lowest BCUT2D eigenvalue weighted by atomic mass is 10.3. The highest BCUT2D eigenvalue weighted by atomic mass is 35.5. The van der Waals surface area contributed by atoms with Gasteiger partial charge in [-0.25, -0.2) is 0 Å². The van der Waals surface area contributed by atoms with Crippen molar-refractivity contribution >= 4 is 44.7 Å². The van der Waals surface area contributed by atoms with Crippen LogP contribution in [0.25, 0.3) is 0 Å². The predicted molar refractivity (Wildman–Crippen MR) is 68.6 cm³/mol. The minimum atomic E-state index is -3.93. The minimum absolute atomic E-state index is 0.0888.